The van der Waals surface area contributed by atoms with Crippen LogP contribution in [0.15, 0.2) is 126 Å². The number of aromatic nitrogens is 10. The van der Waals surface area contributed by atoms with Crippen molar-refractivity contribution in [3.05, 3.63) is 172 Å². The van der Waals surface area contributed by atoms with Gasteiger partial charge in [0.15, 0.2) is 5.52 Å². The van der Waals surface area contributed by atoms with Crippen LogP contribution in [-0.4, -0.2) is 48.2 Å². The van der Waals surface area contributed by atoms with Crippen molar-refractivity contribution < 1.29 is 17.6 Å². The van der Waals surface area contributed by atoms with E-state index >= 15 is 17.6 Å². The van der Waals surface area contributed by atoms with Gasteiger partial charge in [-0.1, -0.05) is 12.1 Å². The SMILES string of the molecule is Cn1cc2c(-c3cc(F)c(Cn4cnc5cc(-c6ccn7c(-c8cc(F)c(Cn9cnc%10cnccc%10c9=O)c(F)c8)cnc7c6)cnc5c4=O)c(F)c3)cccc2n1. The van der Waals surface area contributed by atoms with E-state index in [9.17, 15) is 9.59 Å². The van der Waals surface area contributed by atoms with Gasteiger partial charge in [0.25, 0.3) is 11.1 Å². The summed E-state index contributed by atoms with van der Waals surface area (Å²) in [4.78, 5) is 47.7. The van der Waals surface area contributed by atoms with E-state index in [-0.39, 0.29) is 39.7 Å². The monoisotopic (exact) mass is 790 g/mol. The van der Waals surface area contributed by atoms with Crippen LogP contribution in [0.3, 0.4) is 0 Å². The number of pyridine rings is 3. The molecule has 0 aliphatic rings. The van der Waals surface area contributed by atoms with Crippen LogP contribution in [0.5, 0.6) is 0 Å². The van der Waals surface area contributed by atoms with Crippen LogP contribution in [0.4, 0.5) is 17.6 Å². The van der Waals surface area contributed by atoms with E-state index in [0.29, 0.717) is 44.6 Å². The van der Waals surface area contributed by atoms with Crippen LogP contribution >= 0.6 is 0 Å². The lowest BCUT2D eigenvalue weighted by atomic mass is 10.00. The fourth-order valence-electron chi connectivity index (χ4n) is 7.37. The van der Waals surface area contributed by atoms with Crippen LogP contribution in [0.2, 0.25) is 0 Å². The predicted molar refractivity (Wildman–Crippen MR) is 211 cm³/mol. The second-order valence-electron chi connectivity index (χ2n) is 14.0. The average molecular weight is 791 g/mol. The molecule has 59 heavy (non-hydrogen) atoms. The minimum atomic E-state index is -0.842. The topological polar surface area (TPSA) is 131 Å². The first-order chi connectivity index (χ1) is 28.6. The fourth-order valence-corrected chi connectivity index (χ4v) is 7.37. The third kappa shape index (κ3) is 6.08. The average Bonchev–Trinajstić information content (AvgIpc) is 3.84. The van der Waals surface area contributed by atoms with Crippen LogP contribution in [0, 0.1) is 23.3 Å². The number of nitrogens with zero attached hydrogens (tertiary/aromatic N) is 10. The van der Waals surface area contributed by atoms with Crippen LogP contribution in [0.25, 0.3) is 72.0 Å². The lowest BCUT2D eigenvalue weighted by Gasteiger charge is -2.12. The highest BCUT2D eigenvalue weighted by molar-refractivity contribution is 5.94. The molecule has 7 aromatic heterocycles. The molecule has 0 spiro atoms. The van der Waals surface area contributed by atoms with Gasteiger partial charge in [-0.15, -0.1) is 0 Å². The van der Waals surface area contributed by atoms with Crippen molar-refractivity contribution in [2.75, 3.05) is 0 Å². The highest BCUT2D eigenvalue weighted by Gasteiger charge is 2.19. The molecule has 0 unspecified atom stereocenters. The highest BCUT2D eigenvalue weighted by Crippen LogP contribution is 2.32. The number of hydrogen-bond acceptors (Lipinski definition) is 8. The molecule has 0 aliphatic carbocycles. The van der Waals surface area contributed by atoms with E-state index in [1.165, 1.54) is 67.8 Å². The van der Waals surface area contributed by atoms with E-state index < -0.39 is 40.9 Å². The van der Waals surface area contributed by atoms with Crippen LogP contribution < -0.4 is 11.1 Å². The van der Waals surface area contributed by atoms with Gasteiger partial charge in [0.05, 0.1) is 65.8 Å². The standard InChI is InChI=1S/C43H26F4N10O2/c1-54-18-29-27(3-2-4-36(29)53-54)24-9-32(44)31(33(45)10-24)20-56-21-51-37-13-26(15-50-41(37)43(56)59)23-6-8-57-39(17-49-40(57)14-23)25-11-34(46)30(35(47)12-25)19-55-22-52-38-16-48-7-5-28(38)42(55)58/h2-18,21-22H,19-20H2,1H3. The largest absolute Gasteiger partial charge is 0.300 e. The summed E-state index contributed by atoms with van der Waals surface area (Å²) in [5.74, 6) is -3.31. The van der Waals surface area contributed by atoms with E-state index in [1.807, 2.05) is 6.07 Å². The second kappa shape index (κ2) is 13.7. The lowest BCUT2D eigenvalue weighted by molar-refractivity contribution is 0.541. The Morgan fingerprint density at radius 2 is 1.31 bits per heavy atom. The van der Waals surface area contributed by atoms with Gasteiger partial charge in [-0.3, -0.25) is 32.8 Å². The Bertz CT molecular complexity index is 3440. The first kappa shape index (κ1) is 35.5. The van der Waals surface area contributed by atoms with Crippen molar-refractivity contribution in [2.24, 2.45) is 7.05 Å². The first-order valence-corrected chi connectivity index (χ1v) is 18.1. The number of aryl methyl sites for hydroxylation is 1. The van der Waals surface area contributed by atoms with Crippen molar-refractivity contribution in [3.8, 4) is 33.5 Å². The van der Waals surface area contributed by atoms with E-state index in [4.69, 9.17) is 0 Å². The van der Waals surface area contributed by atoms with Gasteiger partial charge >= 0.3 is 0 Å². The third-order valence-corrected chi connectivity index (χ3v) is 10.4. The summed E-state index contributed by atoms with van der Waals surface area (Å²) in [5.41, 5.74) is 3.04. The molecule has 0 fully saturated rings. The van der Waals surface area contributed by atoms with Gasteiger partial charge in [-0.25, -0.2) is 37.5 Å². The molecular weight excluding hydrogens is 765 g/mol. The quantitative estimate of drug-likeness (QED) is 0.157. The Labute approximate surface area is 329 Å². The lowest BCUT2D eigenvalue weighted by Crippen LogP contribution is -2.23. The van der Waals surface area contributed by atoms with Crippen molar-refractivity contribution in [1.82, 2.24) is 48.2 Å². The fraction of sp³-hybridized carbons (Fsp3) is 0.0698. The molecule has 0 aliphatic heterocycles. The van der Waals surface area contributed by atoms with Crippen molar-refractivity contribution in [2.45, 2.75) is 13.1 Å². The smallest absolute Gasteiger partial charge is 0.280 e. The Balaban J connectivity index is 0.906. The van der Waals surface area contributed by atoms with Crippen molar-refractivity contribution in [1.29, 1.82) is 0 Å². The molecular formula is C43H26F4N10O2. The van der Waals surface area contributed by atoms with Gasteiger partial charge in [0.2, 0.25) is 0 Å². The Morgan fingerprint density at radius 1 is 0.610 bits per heavy atom. The molecule has 288 valence electrons. The summed E-state index contributed by atoms with van der Waals surface area (Å²) >= 11 is 0. The molecule has 7 heterocycles. The summed E-state index contributed by atoms with van der Waals surface area (Å²) in [6.07, 6.45) is 11.8. The summed E-state index contributed by atoms with van der Waals surface area (Å²) in [5, 5.41) is 5.40. The number of fused-ring (bicyclic) bond motifs is 4. The van der Waals surface area contributed by atoms with E-state index in [2.05, 4.69) is 30.0 Å². The van der Waals surface area contributed by atoms with Gasteiger partial charge in [-0.05, 0) is 71.3 Å². The van der Waals surface area contributed by atoms with Crippen molar-refractivity contribution in [3.63, 3.8) is 0 Å². The summed E-state index contributed by atoms with van der Waals surface area (Å²) < 4.78 is 67.5. The number of rotatable bonds is 7. The predicted octanol–water partition coefficient (Wildman–Crippen LogP) is 7.08. The molecule has 12 nitrogen and oxygen atoms in total. The molecule has 10 aromatic rings. The number of benzene rings is 3. The second-order valence-corrected chi connectivity index (χ2v) is 14.0. The van der Waals surface area contributed by atoms with Crippen LogP contribution in [-0.2, 0) is 20.1 Å². The minimum absolute atomic E-state index is 0.00710. The molecule has 0 N–H and O–H groups in total. The molecule has 0 radical (unpaired) electrons. The number of hydrogen-bond donors (Lipinski definition) is 0. The Hall–Kier alpha value is -7.88. The van der Waals surface area contributed by atoms with Gasteiger partial charge < -0.3 is 0 Å². The molecule has 3 aromatic carbocycles. The maximum atomic E-state index is 15.5. The van der Waals surface area contributed by atoms with Gasteiger partial charge in [0, 0.05) is 59.5 Å². The normalized spacial score (nSPS) is 11.7. The van der Waals surface area contributed by atoms with Crippen LogP contribution in [0.1, 0.15) is 11.1 Å². The molecule has 0 saturated carbocycles. The molecule has 10 rings (SSSR count). The highest BCUT2D eigenvalue weighted by atomic mass is 19.1. The maximum absolute atomic E-state index is 15.5. The molecule has 0 atom stereocenters. The Kier molecular flexibility index (Phi) is 8.22. The van der Waals surface area contributed by atoms with Gasteiger partial charge in [-0.2, -0.15) is 5.10 Å². The van der Waals surface area contributed by atoms with Gasteiger partial charge in [0.1, 0.15) is 28.9 Å². The third-order valence-electron chi connectivity index (χ3n) is 10.4. The minimum Gasteiger partial charge on any atom is -0.300 e. The first-order valence-electron chi connectivity index (χ1n) is 18.1. The molecule has 16 heteroatoms. The number of halogens is 4. The molecule has 0 saturated heterocycles. The molecule has 0 amide bonds. The Morgan fingerprint density at radius 3 is 2.05 bits per heavy atom. The zero-order valence-electron chi connectivity index (χ0n) is 30.7. The molecule has 0 bridgehead atoms. The van der Waals surface area contributed by atoms with E-state index in [1.54, 1.807) is 58.9 Å². The zero-order valence-corrected chi connectivity index (χ0v) is 30.7. The van der Waals surface area contributed by atoms with Crippen molar-refractivity contribution >= 4 is 38.5 Å². The van der Waals surface area contributed by atoms with E-state index in [0.717, 1.165) is 14.5 Å². The summed E-state index contributed by atoms with van der Waals surface area (Å²) in [6.45, 7) is -0.771. The zero-order chi connectivity index (χ0) is 40.5. The maximum Gasteiger partial charge on any atom is 0.280 e. The summed E-state index contributed by atoms with van der Waals surface area (Å²) in [7, 11) is 1.77. The summed E-state index contributed by atoms with van der Waals surface area (Å²) in [6, 6.07) is 16.9. The number of imidazole rings is 1.